The number of carbonyl (C=O) groups excluding carboxylic acids is 1. The number of benzene rings is 1. The molecule has 11 heteroatoms. The standard InChI is InChI=1S/C25H41N5O6/c1-20-18-22(4-5-23(20)25(31)28-24-19-21(2)30(3)29-24)27-7-9-33-11-13-35-15-17-36-16-14-34-12-10-32-8-6-26/h4-5,18-19,27H,6-17,26H2,1-3H3,(H,28,29,31). The smallest absolute Gasteiger partial charge is 0.257 e. The fraction of sp³-hybridized carbons (Fsp3) is 0.600. The first-order chi connectivity index (χ1) is 17.5. The molecule has 0 bridgehead atoms. The maximum atomic E-state index is 12.6. The number of aryl methyl sites for hydroxylation is 3. The monoisotopic (exact) mass is 507 g/mol. The largest absolute Gasteiger partial charge is 0.383 e. The van der Waals surface area contributed by atoms with Gasteiger partial charge in [0.1, 0.15) is 0 Å². The van der Waals surface area contributed by atoms with Gasteiger partial charge in [0, 0.05) is 43.1 Å². The Bertz CT molecular complexity index is 872. The van der Waals surface area contributed by atoms with Crippen molar-refractivity contribution in [1.29, 1.82) is 0 Å². The molecule has 0 fully saturated rings. The third kappa shape index (κ3) is 11.9. The highest BCUT2D eigenvalue weighted by Gasteiger charge is 2.12. The minimum absolute atomic E-state index is 0.177. The van der Waals surface area contributed by atoms with Gasteiger partial charge in [-0.25, -0.2) is 0 Å². The van der Waals surface area contributed by atoms with Crippen LogP contribution in [0.1, 0.15) is 21.6 Å². The highest BCUT2D eigenvalue weighted by molar-refractivity contribution is 6.05. The molecular formula is C25H41N5O6. The Balaban J connectivity index is 1.46. The third-order valence-corrected chi connectivity index (χ3v) is 5.15. The molecule has 202 valence electrons. The van der Waals surface area contributed by atoms with Gasteiger partial charge in [-0.1, -0.05) is 0 Å². The zero-order valence-corrected chi connectivity index (χ0v) is 21.7. The molecule has 1 heterocycles. The predicted molar refractivity (Wildman–Crippen MR) is 139 cm³/mol. The molecule has 2 rings (SSSR count). The minimum atomic E-state index is -0.177. The van der Waals surface area contributed by atoms with Gasteiger partial charge in [-0.2, -0.15) is 5.10 Å². The molecule has 0 atom stereocenters. The number of nitrogens with one attached hydrogen (secondary N) is 2. The molecule has 0 spiro atoms. The van der Waals surface area contributed by atoms with Crippen molar-refractivity contribution in [3.05, 3.63) is 41.1 Å². The molecule has 0 aliphatic carbocycles. The molecule has 1 aromatic carbocycles. The Hall–Kier alpha value is -2.54. The fourth-order valence-electron chi connectivity index (χ4n) is 3.17. The van der Waals surface area contributed by atoms with Crippen LogP contribution in [0.2, 0.25) is 0 Å². The molecule has 11 nitrogen and oxygen atoms in total. The van der Waals surface area contributed by atoms with Gasteiger partial charge in [-0.3, -0.25) is 9.48 Å². The van der Waals surface area contributed by atoms with E-state index in [0.717, 1.165) is 16.9 Å². The molecule has 0 radical (unpaired) electrons. The first-order valence-electron chi connectivity index (χ1n) is 12.3. The number of nitrogens with two attached hydrogens (primary N) is 1. The van der Waals surface area contributed by atoms with Gasteiger partial charge < -0.3 is 40.1 Å². The number of carbonyl (C=O) groups is 1. The number of aromatic nitrogens is 2. The summed E-state index contributed by atoms with van der Waals surface area (Å²) in [6.45, 7) is 10.3. The summed E-state index contributed by atoms with van der Waals surface area (Å²) in [6, 6.07) is 7.48. The van der Waals surface area contributed by atoms with Gasteiger partial charge in [-0.05, 0) is 37.6 Å². The summed E-state index contributed by atoms with van der Waals surface area (Å²) in [5, 5.41) is 10.4. The van der Waals surface area contributed by atoms with Crippen molar-refractivity contribution < 1.29 is 28.5 Å². The lowest BCUT2D eigenvalue weighted by Gasteiger charge is -2.11. The number of amides is 1. The highest BCUT2D eigenvalue weighted by atomic mass is 16.6. The van der Waals surface area contributed by atoms with Crippen molar-refractivity contribution >= 4 is 17.4 Å². The van der Waals surface area contributed by atoms with E-state index in [9.17, 15) is 4.79 Å². The van der Waals surface area contributed by atoms with Crippen molar-refractivity contribution in [3.63, 3.8) is 0 Å². The molecular weight excluding hydrogens is 466 g/mol. The van der Waals surface area contributed by atoms with E-state index >= 15 is 0 Å². The number of anilines is 2. The van der Waals surface area contributed by atoms with Crippen LogP contribution < -0.4 is 16.4 Å². The second-order valence-electron chi connectivity index (χ2n) is 8.06. The van der Waals surface area contributed by atoms with Crippen LogP contribution in [0.15, 0.2) is 24.3 Å². The van der Waals surface area contributed by atoms with Crippen molar-refractivity contribution in [1.82, 2.24) is 9.78 Å². The number of ether oxygens (including phenoxy) is 5. The maximum absolute atomic E-state index is 12.6. The normalized spacial score (nSPS) is 11.1. The van der Waals surface area contributed by atoms with Crippen molar-refractivity contribution in [3.8, 4) is 0 Å². The van der Waals surface area contributed by atoms with Crippen LogP contribution in [0.4, 0.5) is 11.5 Å². The first kappa shape index (κ1) is 29.7. The Morgan fingerprint density at radius 1 is 0.861 bits per heavy atom. The molecule has 0 unspecified atom stereocenters. The predicted octanol–water partition coefficient (Wildman–Crippen LogP) is 1.74. The average Bonchev–Trinajstić information content (AvgIpc) is 3.17. The second-order valence-corrected chi connectivity index (χ2v) is 8.06. The maximum Gasteiger partial charge on any atom is 0.257 e. The summed E-state index contributed by atoms with van der Waals surface area (Å²) < 4.78 is 28.8. The molecule has 0 saturated heterocycles. The van der Waals surface area contributed by atoms with E-state index < -0.39 is 0 Å². The van der Waals surface area contributed by atoms with Crippen LogP contribution in [0.5, 0.6) is 0 Å². The zero-order valence-electron chi connectivity index (χ0n) is 21.7. The lowest BCUT2D eigenvalue weighted by Crippen LogP contribution is -2.16. The SMILES string of the molecule is Cc1cc(NCCOCCOCCOCCOCCOCCN)ccc1C(=O)Nc1cc(C)n(C)n1. The fourth-order valence-corrected chi connectivity index (χ4v) is 3.17. The first-order valence-corrected chi connectivity index (χ1v) is 12.3. The summed E-state index contributed by atoms with van der Waals surface area (Å²) in [7, 11) is 1.84. The van der Waals surface area contributed by atoms with E-state index in [2.05, 4.69) is 15.7 Å². The molecule has 0 aliphatic heterocycles. The van der Waals surface area contributed by atoms with Gasteiger partial charge in [-0.15, -0.1) is 0 Å². The van der Waals surface area contributed by atoms with Gasteiger partial charge >= 0.3 is 0 Å². The summed E-state index contributed by atoms with van der Waals surface area (Å²) in [4.78, 5) is 12.6. The quantitative estimate of drug-likeness (QED) is 0.229. The summed E-state index contributed by atoms with van der Waals surface area (Å²) in [5.41, 5.74) is 8.73. The molecule has 0 aliphatic rings. The van der Waals surface area contributed by atoms with E-state index in [-0.39, 0.29) is 5.91 Å². The minimum Gasteiger partial charge on any atom is -0.383 e. The molecule has 4 N–H and O–H groups in total. The Kier molecular flexibility index (Phi) is 14.7. The van der Waals surface area contributed by atoms with Crippen LogP contribution in [-0.4, -0.2) is 94.8 Å². The topological polar surface area (TPSA) is 131 Å². The van der Waals surface area contributed by atoms with E-state index in [1.165, 1.54) is 0 Å². The van der Waals surface area contributed by atoms with E-state index in [0.29, 0.717) is 90.5 Å². The van der Waals surface area contributed by atoms with E-state index in [4.69, 9.17) is 29.4 Å². The molecule has 36 heavy (non-hydrogen) atoms. The Morgan fingerprint density at radius 3 is 1.92 bits per heavy atom. The van der Waals surface area contributed by atoms with Gasteiger partial charge in [0.15, 0.2) is 5.82 Å². The summed E-state index contributed by atoms with van der Waals surface area (Å²) in [6.07, 6.45) is 0. The van der Waals surface area contributed by atoms with E-state index in [1.54, 1.807) is 4.68 Å². The number of hydrogen-bond donors (Lipinski definition) is 3. The highest BCUT2D eigenvalue weighted by Crippen LogP contribution is 2.17. The van der Waals surface area contributed by atoms with E-state index in [1.807, 2.05) is 45.2 Å². The third-order valence-electron chi connectivity index (χ3n) is 5.15. The zero-order chi connectivity index (χ0) is 26.0. The molecule has 1 aromatic heterocycles. The number of hydrogen-bond acceptors (Lipinski definition) is 9. The van der Waals surface area contributed by atoms with Crippen LogP contribution in [0.25, 0.3) is 0 Å². The Labute approximate surface area is 213 Å². The lowest BCUT2D eigenvalue weighted by molar-refractivity contribution is -0.00985. The lowest BCUT2D eigenvalue weighted by atomic mass is 10.1. The summed E-state index contributed by atoms with van der Waals surface area (Å²) in [5.74, 6) is 0.365. The van der Waals surface area contributed by atoms with Crippen LogP contribution in [-0.2, 0) is 30.7 Å². The van der Waals surface area contributed by atoms with Gasteiger partial charge in [0.2, 0.25) is 0 Å². The van der Waals surface area contributed by atoms with Crippen molar-refractivity contribution in [2.45, 2.75) is 13.8 Å². The Morgan fingerprint density at radius 2 is 1.42 bits per heavy atom. The van der Waals surface area contributed by atoms with Gasteiger partial charge in [0.05, 0.1) is 66.1 Å². The van der Waals surface area contributed by atoms with Crippen molar-refractivity contribution in [2.75, 3.05) is 89.8 Å². The van der Waals surface area contributed by atoms with Crippen LogP contribution in [0, 0.1) is 13.8 Å². The molecule has 1 amide bonds. The van der Waals surface area contributed by atoms with Crippen molar-refractivity contribution in [2.24, 2.45) is 12.8 Å². The summed E-state index contributed by atoms with van der Waals surface area (Å²) >= 11 is 0. The number of rotatable bonds is 20. The molecule has 0 saturated carbocycles. The number of nitrogens with zero attached hydrogens (tertiary/aromatic N) is 2. The average molecular weight is 508 g/mol. The molecule has 2 aromatic rings. The van der Waals surface area contributed by atoms with Crippen LogP contribution in [0.3, 0.4) is 0 Å². The second kappa shape index (κ2) is 17.8. The van der Waals surface area contributed by atoms with Gasteiger partial charge in [0.25, 0.3) is 5.91 Å². The van der Waals surface area contributed by atoms with Crippen LogP contribution >= 0.6 is 0 Å².